The number of hydrogen-bond donors (Lipinski definition) is 1. The molecule has 3 aromatic rings. The number of pyridine rings is 1. The fourth-order valence-electron chi connectivity index (χ4n) is 4.53. The van der Waals surface area contributed by atoms with Crippen molar-refractivity contribution in [1.29, 1.82) is 5.26 Å². The van der Waals surface area contributed by atoms with Gasteiger partial charge < -0.3 is 20.1 Å². The lowest BCUT2D eigenvalue weighted by atomic mass is 10.00. The number of aromatic nitrogens is 4. The average Bonchev–Trinajstić information content (AvgIpc) is 3.24. The fourth-order valence-corrected chi connectivity index (χ4v) is 4.53. The van der Waals surface area contributed by atoms with Gasteiger partial charge in [0.1, 0.15) is 17.4 Å². The topological polar surface area (TPSA) is 137 Å². The van der Waals surface area contributed by atoms with Crippen LogP contribution in [0.5, 0.6) is 0 Å². The molecule has 174 valence electrons. The molecule has 2 aliphatic heterocycles. The molecule has 0 spiro atoms. The normalized spacial score (nSPS) is 16.9. The Labute approximate surface area is 196 Å². The molecule has 2 amide bonds. The zero-order valence-electron chi connectivity index (χ0n) is 18.7. The van der Waals surface area contributed by atoms with Gasteiger partial charge in [-0.05, 0) is 18.2 Å². The third-order valence-electron chi connectivity index (χ3n) is 6.39. The van der Waals surface area contributed by atoms with Crippen LogP contribution in [0.15, 0.2) is 36.8 Å². The van der Waals surface area contributed by atoms with E-state index in [0.717, 1.165) is 30.7 Å². The Kier molecular flexibility index (Phi) is 5.81. The van der Waals surface area contributed by atoms with Crippen molar-refractivity contribution in [2.75, 3.05) is 50.7 Å². The highest BCUT2D eigenvalue weighted by Crippen LogP contribution is 2.22. The summed E-state index contributed by atoms with van der Waals surface area (Å²) >= 11 is 0. The first-order valence-corrected chi connectivity index (χ1v) is 11.2. The number of carbonyl (C=O) groups is 2. The summed E-state index contributed by atoms with van der Waals surface area (Å²) < 4.78 is 2.05. The van der Waals surface area contributed by atoms with Crippen molar-refractivity contribution in [2.24, 2.45) is 11.7 Å². The number of rotatable bonds is 6. The van der Waals surface area contributed by atoms with Gasteiger partial charge in [0, 0.05) is 63.3 Å². The molecule has 2 fully saturated rings. The first-order valence-electron chi connectivity index (χ1n) is 11.2. The Hall–Kier alpha value is -4.04. The number of fused-ring (bicyclic) bond motifs is 1. The lowest BCUT2D eigenvalue weighted by Gasteiger charge is -2.41. The van der Waals surface area contributed by atoms with Crippen molar-refractivity contribution >= 4 is 28.8 Å². The monoisotopic (exact) mass is 459 g/mol. The second-order valence-corrected chi connectivity index (χ2v) is 8.75. The summed E-state index contributed by atoms with van der Waals surface area (Å²) in [4.78, 5) is 43.2. The summed E-state index contributed by atoms with van der Waals surface area (Å²) in [5, 5.41) is 9.84. The maximum absolute atomic E-state index is 12.8. The van der Waals surface area contributed by atoms with Crippen LogP contribution in [-0.4, -0.2) is 86.9 Å². The van der Waals surface area contributed by atoms with E-state index in [0.29, 0.717) is 50.2 Å². The molecule has 5 heterocycles. The molecule has 2 aliphatic rings. The molecule has 0 atom stereocenters. The number of nitriles is 1. The van der Waals surface area contributed by atoms with Gasteiger partial charge in [-0.3, -0.25) is 14.5 Å². The van der Waals surface area contributed by atoms with Crippen molar-refractivity contribution in [3.8, 4) is 6.07 Å². The number of anilines is 1. The van der Waals surface area contributed by atoms with Crippen LogP contribution >= 0.6 is 0 Å². The van der Waals surface area contributed by atoms with Gasteiger partial charge in [-0.2, -0.15) is 5.26 Å². The van der Waals surface area contributed by atoms with Crippen LogP contribution in [-0.2, 0) is 11.3 Å². The van der Waals surface area contributed by atoms with Gasteiger partial charge in [-0.25, -0.2) is 15.0 Å². The minimum atomic E-state index is -0.534. The van der Waals surface area contributed by atoms with Crippen molar-refractivity contribution in [1.82, 2.24) is 29.3 Å². The predicted molar refractivity (Wildman–Crippen MR) is 124 cm³/mol. The van der Waals surface area contributed by atoms with E-state index in [1.54, 1.807) is 6.07 Å². The smallest absolute Gasteiger partial charge is 0.267 e. The number of likely N-dealkylation sites (tertiary alicyclic amines) is 1. The number of hydrogen-bond acceptors (Lipinski definition) is 8. The number of primary amides is 1. The molecule has 0 radical (unpaired) electrons. The zero-order chi connectivity index (χ0) is 23.7. The SMILES string of the molecule is N#Cc1cnc(N2CCN(C(=O)CN3CC(Cn4ccc5ccc(C(N)=O)nc54)C3)CC2)nc1. The molecule has 0 unspecified atom stereocenters. The third kappa shape index (κ3) is 4.40. The standard InChI is InChI=1S/C23H25N9O2/c24-9-16-10-26-23(27-11-16)31-7-5-30(6-8-31)20(33)15-29-12-17(13-29)14-32-4-3-18-1-2-19(21(25)34)28-22(18)32/h1-4,10-11,17H,5-8,12-15H2,(H2,25,34). The van der Waals surface area contributed by atoms with Crippen molar-refractivity contribution in [3.05, 3.63) is 48.0 Å². The molecule has 11 nitrogen and oxygen atoms in total. The minimum Gasteiger partial charge on any atom is -0.364 e. The average molecular weight is 460 g/mol. The van der Waals surface area contributed by atoms with E-state index in [1.165, 1.54) is 12.4 Å². The first kappa shape index (κ1) is 21.8. The maximum Gasteiger partial charge on any atom is 0.267 e. The van der Waals surface area contributed by atoms with Crippen molar-refractivity contribution < 1.29 is 9.59 Å². The fraction of sp³-hybridized carbons (Fsp3) is 0.391. The van der Waals surface area contributed by atoms with E-state index in [4.69, 9.17) is 11.0 Å². The van der Waals surface area contributed by atoms with Crippen molar-refractivity contribution in [3.63, 3.8) is 0 Å². The number of nitrogens with zero attached hydrogens (tertiary/aromatic N) is 8. The second kappa shape index (κ2) is 9.07. The van der Waals surface area contributed by atoms with Crippen LogP contribution < -0.4 is 10.6 Å². The summed E-state index contributed by atoms with van der Waals surface area (Å²) in [6.07, 6.45) is 5.01. The molecule has 0 aromatic carbocycles. The van der Waals surface area contributed by atoms with E-state index in [-0.39, 0.29) is 11.6 Å². The lowest BCUT2D eigenvalue weighted by Crippen LogP contribution is -2.55. The Morgan fingerprint density at radius 2 is 1.82 bits per heavy atom. The molecule has 2 N–H and O–H groups in total. The third-order valence-corrected chi connectivity index (χ3v) is 6.39. The zero-order valence-corrected chi connectivity index (χ0v) is 18.7. The summed E-state index contributed by atoms with van der Waals surface area (Å²) in [6, 6.07) is 7.50. The van der Waals surface area contributed by atoms with Gasteiger partial charge in [0.25, 0.3) is 5.91 Å². The number of nitrogens with two attached hydrogens (primary N) is 1. The molecule has 0 saturated carbocycles. The predicted octanol–water partition coefficient (Wildman–Crippen LogP) is 0.0775. The largest absolute Gasteiger partial charge is 0.364 e. The molecule has 5 rings (SSSR count). The number of piperazine rings is 1. The molecule has 0 aliphatic carbocycles. The van der Waals surface area contributed by atoms with Gasteiger partial charge in [0.15, 0.2) is 0 Å². The lowest BCUT2D eigenvalue weighted by molar-refractivity contribution is -0.134. The van der Waals surface area contributed by atoms with Gasteiger partial charge in [-0.1, -0.05) is 0 Å². The molecule has 34 heavy (non-hydrogen) atoms. The Bertz CT molecular complexity index is 1250. The summed E-state index contributed by atoms with van der Waals surface area (Å²) in [5.41, 5.74) is 6.82. The Morgan fingerprint density at radius 3 is 2.50 bits per heavy atom. The van der Waals surface area contributed by atoms with Gasteiger partial charge in [0.05, 0.1) is 24.5 Å². The number of amides is 2. The Morgan fingerprint density at radius 1 is 1.09 bits per heavy atom. The van der Waals surface area contributed by atoms with Crippen LogP contribution in [0.4, 0.5) is 5.95 Å². The molecule has 2 saturated heterocycles. The van der Waals surface area contributed by atoms with E-state index >= 15 is 0 Å². The maximum atomic E-state index is 12.8. The van der Waals surface area contributed by atoms with Crippen LogP contribution in [0.25, 0.3) is 11.0 Å². The van der Waals surface area contributed by atoms with Crippen LogP contribution in [0, 0.1) is 17.2 Å². The van der Waals surface area contributed by atoms with Gasteiger partial charge in [-0.15, -0.1) is 0 Å². The van der Waals surface area contributed by atoms with E-state index in [9.17, 15) is 9.59 Å². The minimum absolute atomic E-state index is 0.137. The van der Waals surface area contributed by atoms with E-state index < -0.39 is 5.91 Å². The van der Waals surface area contributed by atoms with Gasteiger partial charge in [0.2, 0.25) is 11.9 Å². The first-order chi connectivity index (χ1) is 16.5. The quantitative estimate of drug-likeness (QED) is 0.547. The van der Waals surface area contributed by atoms with E-state index in [2.05, 4.69) is 24.4 Å². The number of carbonyl (C=O) groups excluding carboxylic acids is 2. The molecule has 3 aromatic heterocycles. The molecular weight excluding hydrogens is 434 g/mol. The second-order valence-electron chi connectivity index (χ2n) is 8.75. The highest BCUT2D eigenvalue weighted by Gasteiger charge is 2.31. The van der Waals surface area contributed by atoms with Crippen LogP contribution in [0.3, 0.4) is 0 Å². The van der Waals surface area contributed by atoms with Crippen molar-refractivity contribution in [2.45, 2.75) is 6.54 Å². The van der Waals surface area contributed by atoms with Gasteiger partial charge >= 0.3 is 0 Å². The molecule has 11 heteroatoms. The van der Waals surface area contributed by atoms with Crippen LogP contribution in [0.2, 0.25) is 0 Å². The van der Waals surface area contributed by atoms with Crippen LogP contribution in [0.1, 0.15) is 16.1 Å². The summed E-state index contributed by atoms with van der Waals surface area (Å²) in [5.74, 6) is 0.616. The highest BCUT2D eigenvalue weighted by atomic mass is 16.2. The van der Waals surface area contributed by atoms with E-state index in [1.807, 2.05) is 34.2 Å². The molecular formula is C23H25N9O2. The Balaban J connectivity index is 1.09. The highest BCUT2D eigenvalue weighted by molar-refractivity contribution is 5.93. The summed E-state index contributed by atoms with van der Waals surface area (Å²) in [6.45, 7) is 5.49. The summed E-state index contributed by atoms with van der Waals surface area (Å²) in [7, 11) is 0. The molecule has 0 bridgehead atoms.